The lowest BCUT2D eigenvalue weighted by molar-refractivity contribution is 0.0984. The normalized spacial score (nSPS) is 10.9. The molecule has 0 aliphatic carbocycles. The van der Waals surface area contributed by atoms with E-state index in [1.165, 1.54) is 9.47 Å². The van der Waals surface area contributed by atoms with Crippen molar-refractivity contribution >= 4 is 22.5 Å². The molecule has 0 aliphatic rings. The van der Waals surface area contributed by atoms with Gasteiger partial charge in [0, 0.05) is 30.7 Å². The number of hydrogen-bond acceptors (Lipinski definition) is 4. The summed E-state index contributed by atoms with van der Waals surface area (Å²) in [6.07, 6.45) is 0.671. The van der Waals surface area contributed by atoms with Gasteiger partial charge in [-0.1, -0.05) is 25.1 Å². The third kappa shape index (κ3) is 3.11. The molecule has 0 saturated carbocycles. The highest BCUT2D eigenvalue weighted by Gasteiger charge is 2.27. The maximum Gasteiger partial charge on any atom is 0.267 e. The monoisotopic (exact) mass is 380 g/mol. The lowest BCUT2D eigenvalue weighted by Gasteiger charge is -2.23. The van der Waals surface area contributed by atoms with E-state index in [4.69, 9.17) is 4.74 Å². The summed E-state index contributed by atoms with van der Waals surface area (Å²) in [6.45, 7) is 4.12. The van der Waals surface area contributed by atoms with Crippen molar-refractivity contribution in [1.29, 1.82) is 0 Å². The second kappa shape index (κ2) is 7.76. The number of carbonyl (C=O) groups excluding carboxylic acids is 1. The fourth-order valence-corrected chi connectivity index (χ4v) is 3.49. The van der Waals surface area contributed by atoms with Gasteiger partial charge in [-0.25, -0.2) is 0 Å². The van der Waals surface area contributed by atoms with Gasteiger partial charge in [0.2, 0.25) is 0 Å². The minimum Gasteiger partial charge on any atom is -0.506 e. The Kier molecular flexibility index (Phi) is 5.40. The van der Waals surface area contributed by atoms with Crippen LogP contribution in [0.5, 0.6) is 11.5 Å². The van der Waals surface area contributed by atoms with Crippen LogP contribution in [-0.2, 0) is 13.5 Å². The van der Waals surface area contributed by atoms with Crippen LogP contribution < -0.4 is 15.2 Å². The van der Waals surface area contributed by atoms with Gasteiger partial charge in [-0.2, -0.15) is 0 Å². The van der Waals surface area contributed by atoms with E-state index in [0.717, 1.165) is 5.56 Å². The molecule has 0 saturated heterocycles. The lowest BCUT2D eigenvalue weighted by Crippen LogP contribution is -2.36. The molecule has 146 valence electrons. The number of nitrogens with zero attached hydrogens (tertiary/aromatic N) is 2. The van der Waals surface area contributed by atoms with Crippen molar-refractivity contribution in [3.63, 3.8) is 0 Å². The Morgan fingerprint density at radius 3 is 2.54 bits per heavy atom. The van der Waals surface area contributed by atoms with E-state index < -0.39 is 11.5 Å². The van der Waals surface area contributed by atoms with Crippen molar-refractivity contribution in [3.05, 3.63) is 63.9 Å². The van der Waals surface area contributed by atoms with Crippen molar-refractivity contribution in [2.45, 2.75) is 20.3 Å². The first kappa shape index (κ1) is 19.5. The summed E-state index contributed by atoms with van der Waals surface area (Å²) in [5.74, 6) is -0.198. The van der Waals surface area contributed by atoms with Gasteiger partial charge in [0.15, 0.2) is 0 Å². The molecule has 0 radical (unpaired) electrons. The number of methoxy groups -OCH3 is 1. The molecule has 6 heteroatoms. The molecular weight excluding hydrogens is 356 g/mol. The predicted molar refractivity (Wildman–Crippen MR) is 111 cm³/mol. The molecule has 6 nitrogen and oxygen atoms in total. The molecule has 3 aromatic rings. The second-order valence-electron chi connectivity index (χ2n) is 6.50. The maximum atomic E-state index is 13.3. The van der Waals surface area contributed by atoms with Crippen LogP contribution in [0.3, 0.4) is 0 Å². The molecule has 28 heavy (non-hydrogen) atoms. The fraction of sp³-hybridized carbons (Fsp3) is 0.273. The molecule has 0 fully saturated rings. The Balaban J connectivity index is 2.24. The zero-order valence-corrected chi connectivity index (χ0v) is 16.5. The van der Waals surface area contributed by atoms with Crippen LogP contribution in [0.2, 0.25) is 0 Å². The number of rotatable bonds is 5. The number of hydrogen-bond donors (Lipinski definition) is 1. The van der Waals surface area contributed by atoms with E-state index in [9.17, 15) is 14.7 Å². The van der Waals surface area contributed by atoms with Crippen LogP contribution in [0.15, 0.2) is 47.3 Å². The summed E-state index contributed by atoms with van der Waals surface area (Å²) in [5.41, 5.74) is 1.33. The molecule has 0 aliphatic heterocycles. The van der Waals surface area contributed by atoms with Crippen molar-refractivity contribution in [2.24, 2.45) is 7.05 Å². The topological polar surface area (TPSA) is 71.8 Å². The number of aromatic nitrogens is 1. The Morgan fingerprint density at radius 1 is 1.18 bits per heavy atom. The van der Waals surface area contributed by atoms with Gasteiger partial charge in [-0.15, -0.1) is 0 Å². The molecule has 1 N–H and O–H groups in total. The number of aryl methyl sites for hydroxylation is 2. The summed E-state index contributed by atoms with van der Waals surface area (Å²) in [6, 6.07) is 12.5. The van der Waals surface area contributed by atoms with Crippen LogP contribution in [-0.4, -0.2) is 29.2 Å². The van der Waals surface area contributed by atoms with E-state index in [1.807, 2.05) is 26.0 Å². The first-order valence-corrected chi connectivity index (χ1v) is 9.24. The van der Waals surface area contributed by atoms with E-state index in [1.54, 1.807) is 44.5 Å². The maximum absolute atomic E-state index is 13.3. The minimum absolute atomic E-state index is 0.222. The lowest BCUT2D eigenvalue weighted by atomic mass is 10.0. The molecule has 0 unspecified atom stereocenters. The number of benzene rings is 2. The summed E-state index contributed by atoms with van der Waals surface area (Å²) in [7, 11) is 3.16. The summed E-state index contributed by atoms with van der Waals surface area (Å²) in [5, 5.41) is 11.5. The molecule has 0 spiro atoms. The number of carbonyl (C=O) groups is 1. The van der Waals surface area contributed by atoms with Crippen molar-refractivity contribution in [2.75, 3.05) is 18.6 Å². The summed E-state index contributed by atoms with van der Waals surface area (Å²) < 4.78 is 6.65. The van der Waals surface area contributed by atoms with Gasteiger partial charge in [-0.05, 0) is 37.1 Å². The van der Waals surface area contributed by atoms with Gasteiger partial charge in [0.05, 0.1) is 12.6 Å². The van der Waals surface area contributed by atoms with Crippen LogP contribution in [0.1, 0.15) is 29.8 Å². The SMILES string of the molecule is CCc1cccc2c1c(O)c(C(=O)N(CC)c1cccc(OC)c1)c(=O)n2C. The average molecular weight is 380 g/mol. The van der Waals surface area contributed by atoms with Crippen LogP contribution in [0.25, 0.3) is 10.9 Å². The predicted octanol–water partition coefficient (Wildman–Crippen LogP) is 3.48. The molecule has 1 heterocycles. The molecule has 2 aromatic carbocycles. The van der Waals surface area contributed by atoms with Gasteiger partial charge in [-0.3, -0.25) is 9.59 Å². The highest BCUT2D eigenvalue weighted by molar-refractivity contribution is 6.10. The molecule has 1 amide bonds. The van der Waals surface area contributed by atoms with Crippen LogP contribution in [0, 0.1) is 0 Å². The molecule has 3 rings (SSSR count). The Morgan fingerprint density at radius 2 is 1.89 bits per heavy atom. The van der Waals surface area contributed by atoms with E-state index in [-0.39, 0.29) is 11.3 Å². The highest BCUT2D eigenvalue weighted by Crippen LogP contribution is 2.31. The minimum atomic E-state index is -0.540. The van der Waals surface area contributed by atoms with Crippen molar-refractivity contribution in [1.82, 2.24) is 4.57 Å². The quantitative estimate of drug-likeness (QED) is 0.736. The molecular formula is C22H24N2O4. The molecule has 0 bridgehead atoms. The zero-order valence-electron chi connectivity index (χ0n) is 16.5. The Bertz CT molecular complexity index is 1100. The standard InChI is InChI=1S/C22H24N2O4/c1-5-14-9-7-12-17-18(14)20(25)19(21(26)23(17)3)22(27)24(6-2)15-10-8-11-16(13-15)28-4/h7-13,25H,5-6H2,1-4H3. The fourth-order valence-electron chi connectivity index (χ4n) is 3.49. The van der Waals surface area contributed by atoms with Crippen molar-refractivity contribution < 1.29 is 14.6 Å². The van der Waals surface area contributed by atoms with Crippen molar-refractivity contribution in [3.8, 4) is 11.5 Å². The van der Waals surface area contributed by atoms with Gasteiger partial charge in [0.25, 0.3) is 11.5 Å². The van der Waals surface area contributed by atoms with Crippen LogP contribution >= 0.6 is 0 Å². The van der Waals surface area contributed by atoms with Crippen LogP contribution in [0.4, 0.5) is 5.69 Å². The number of fused-ring (bicyclic) bond motifs is 1. The molecule has 1 aromatic heterocycles. The van der Waals surface area contributed by atoms with E-state index in [0.29, 0.717) is 35.3 Å². The number of aromatic hydroxyl groups is 1. The van der Waals surface area contributed by atoms with Gasteiger partial charge < -0.3 is 19.3 Å². The number of ether oxygens (including phenoxy) is 1. The van der Waals surface area contributed by atoms with Gasteiger partial charge in [0.1, 0.15) is 17.1 Å². The number of pyridine rings is 1. The Labute approximate surface area is 163 Å². The molecule has 0 atom stereocenters. The second-order valence-corrected chi connectivity index (χ2v) is 6.50. The first-order valence-electron chi connectivity index (χ1n) is 9.24. The highest BCUT2D eigenvalue weighted by atomic mass is 16.5. The van der Waals surface area contributed by atoms with E-state index in [2.05, 4.69) is 0 Å². The smallest absolute Gasteiger partial charge is 0.267 e. The zero-order chi connectivity index (χ0) is 20.4. The third-order valence-electron chi connectivity index (χ3n) is 5.00. The first-order chi connectivity index (χ1) is 13.4. The van der Waals surface area contributed by atoms with Gasteiger partial charge >= 0.3 is 0 Å². The number of amides is 1. The van der Waals surface area contributed by atoms with E-state index >= 15 is 0 Å². The Hall–Kier alpha value is -3.28. The largest absolute Gasteiger partial charge is 0.506 e. The average Bonchev–Trinajstić information content (AvgIpc) is 2.72. The third-order valence-corrected chi connectivity index (χ3v) is 5.00. The summed E-state index contributed by atoms with van der Waals surface area (Å²) >= 11 is 0. The summed E-state index contributed by atoms with van der Waals surface area (Å²) in [4.78, 5) is 27.7. The number of anilines is 1.